The van der Waals surface area contributed by atoms with Crippen LogP contribution < -0.4 is 0 Å². The molecule has 20 heavy (non-hydrogen) atoms. The summed E-state index contributed by atoms with van der Waals surface area (Å²) >= 11 is 0. The third-order valence-corrected chi connectivity index (χ3v) is 3.66. The van der Waals surface area contributed by atoms with Gasteiger partial charge in [0.15, 0.2) is 0 Å². The van der Waals surface area contributed by atoms with Crippen LogP contribution in [0.5, 0.6) is 0 Å². The summed E-state index contributed by atoms with van der Waals surface area (Å²) in [6.07, 6.45) is 7.87. The summed E-state index contributed by atoms with van der Waals surface area (Å²) in [7, 11) is 0. The van der Waals surface area contributed by atoms with Crippen molar-refractivity contribution in [2.45, 2.75) is 76.4 Å². The van der Waals surface area contributed by atoms with Gasteiger partial charge in [0.1, 0.15) is 12.2 Å². The molecule has 0 aromatic carbocycles. The molecule has 116 valence electrons. The highest BCUT2D eigenvalue weighted by Crippen LogP contribution is 2.23. The molecule has 0 spiro atoms. The Morgan fingerprint density at radius 1 is 0.650 bits per heavy atom. The minimum absolute atomic E-state index is 0.318. The van der Waals surface area contributed by atoms with Crippen LogP contribution in [0, 0.1) is 0 Å². The highest BCUT2D eigenvalue weighted by Gasteiger charge is 2.25. The molecule has 2 fully saturated rings. The van der Waals surface area contributed by atoms with E-state index in [9.17, 15) is 9.59 Å². The number of rotatable bonds is 2. The van der Waals surface area contributed by atoms with Gasteiger partial charge >= 0.3 is 12.3 Å². The Balaban J connectivity index is 0.000000276. The number of ether oxygens (including phenoxy) is 2. The van der Waals surface area contributed by atoms with Crippen molar-refractivity contribution in [3.05, 3.63) is 0 Å². The van der Waals surface area contributed by atoms with Gasteiger partial charge in [-0.2, -0.15) is 0 Å². The van der Waals surface area contributed by atoms with Gasteiger partial charge in [0.2, 0.25) is 0 Å². The van der Waals surface area contributed by atoms with Gasteiger partial charge in [0, 0.05) is 0 Å². The first-order valence-corrected chi connectivity index (χ1v) is 7.37. The lowest BCUT2D eigenvalue weighted by Crippen LogP contribution is -2.29. The van der Waals surface area contributed by atoms with E-state index in [1.165, 1.54) is 38.5 Å². The molecule has 2 aliphatic carbocycles. The highest BCUT2D eigenvalue weighted by molar-refractivity contribution is 5.57. The predicted octanol–water partition coefficient (Wildman–Crippen LogP) is 4.03. The number of hydrogen-bond acceptors (Lipinski definition) is 4. The van der Waals surface area contributed by atoms with Crippen LogP contribution in [0.15, 0.2) is 0 Å². The third-order valence-electron chi connectivity index (χ3n) is 3.66. The fourth-order valence-corrected chi connectivity index (χ4v) is 2.61. The quantitative estimate of drug-likeness (QED) is 0.745. The van der Waals surface area contributed by atoms with Gasteiger partial charge in [-0.25, -0.2) is 9.59 Å². The standard InChI is InChI=1S/C8H12O6.C6H12/c9-7(10)13-5-1-2-6(4-3-5)14-8(11)12;1-2-4-6-5-3-1/h5-6H,1-4H2,(H,9,10)(H,11,12);1-6H2. The molecule has 0 aliphatic heterocycles. The first kappa shape index (κ1) is 16.6. The van der Waals surface area contributed by atoms with Crippen molar-refractivity contribution in [1.29, 1.82) is 0 Å². The van der Waals surface area contributed by atoms with Crippen LogP contribution in [-0.2, 0) is 9.47 Å². The first-order valence-electron chi connectivity index (χ1n) is 7.37. The van der Waals surface area contributed by atoms with Gasteiger partial charge in [0.25, 0.3) is 0 Å². The monoisotopic (exact) mass is 288 g/mol. The second-order valence-corrected chi connectivity index (χ2v) is 5.29. The Morgan fingerprint density at radius 3 is 1.10 bits per heavy atom. The Labute approximate surface area is 119 Å². The Kier molecular flexibility index (Phi) is 7.84. The lowest BCUT2D eigenvalue weighted by atomic mass is 9.95. The van der Waals surface area contributed by atoms with E-state index in [1.807, 2.05) is 0 Å². The number of hydrogen-bond donors (Lipinski definition) is 2. The summed E-state index contributed by atoms with van der Waals surface area (Å²) in [6, 6.07) is 0. The zero-order chi connectivity index (χ0) is 14.8. The molecule has 0 amide bonds. The average molecular weight is 288 g/mol. The Bertz CT molecular complexity index is 257. The summed E-state index contributed by atoms with van der Waals surface area (Å²) in [6.45, 7) is 0. The van der Waals surface area contributed by atoms with Crippen LogP contribution in [0.1, 0.15) is 64.2 Å². The second-order valence-electron chi connectivity index (χ2n) is 5.29. The summed E-state index contributed by atoms with van der Waals surface area (Å²) in [5.74, 6) is 0. The molecule has 2 rings (SSSR count). The van der Waals surface area contributed by atoms with E-state index in [4.69, 9.17) is 10.2 Å². The molecule has 0 bridgehead atoms. The smallest absolute Gasteiger partial charge is 0.450 e. The van der Waals surface area contributed by atoms with Crippen molar-refractivity contribution in [3.8, 4) is 0 Å². The van der Waals surface area contributed by atoms with Gasteiger partial charge in [-0.05, 0) is 25.7 Å². The molecular weight excluding hydrogens is 264 g/mol. The summed E-state index contributed by atoms with van der Waals surface area (Å²) < 4.78 is 9.12. The predicted molar refractivity (Wildman–Crippen MR) is 72.0 cm³/mol. The topological polar surface area (TPSA) is 93.1 Å². The molecule has 0 aromatic heterocycles. The molecular formula is C14H24O6. The van der Waals surface area contributed by atoms with Crippen molar-refractivity contribution in [2.75, 3.05) is 0 Å². The van der Waals surface area contributed by atoms with Crippen LogP contribution in [0.25, 0.3) is 0 Å². The summed E-state index contributed by atoms with van der Waals surface area (Å²) in [4.78, 5) is 20.4. The van der Waals surface area contributed by atoms with Crippen LogP contribution in [-0.4, -0.2) is 34.7 Å². The third kappa shape index (κ3) is 7.86. The molecule has 2 aliphatic rings. The molecule has 2 N–H and O–H groups in total. The minimum atomic E-state index is -1.28. The maximum atomic E-state index is 10.2. The van der Waals surface area contributed by atoms with Crippen LogP contribution in [0.2, 0.25) is 0 Å². The fourth-order valence-electron chi connectivity index (χ4n) is 2.61. The Morgan fingerprint density at radius 2 is 0.900 bits per heavy atom. The van der Waals surface area contributed by atoms with Gasteiger partial charge in [0.05, 0.1) is 0 Å². The van der Waals surface area contributed by atoms with Gasteiger partial charge in [-0.1, -0.05) is 38.5 Å². The molecule has 0 aromatic rings. The van der Waals surface area contributed by atoms with E-state index in [0.29, 0.717) is 25.7 Å². The maximum Gasteiger partial charge on any atom is 0.506 e. The van der Waals surface area contributed by atoms with Crippen molar-refractivity contribution in [1.82, 2.24) is 0 Å². The molecule has 0 radical (unpaired) electrons. The van der Waals surface area contributed by atoms with Crippen LogP contribution in [0.4, 0.5) is 9.59 Å². The van der Waals surface area contributed by atoms with Crippen molar-refractivity contribution < 1.29 is 29.3 Å². The molecule has 0 saturated heterocycles. The van der Waals surface area contributed by atoms with E-state index in [2.05, 4.69) is 9.47 Å². The molecule has 6 nitrogen and oxygen atoms in total. The molecule has 0 unspecified atom stereocenters. The first-order chi connectivity index (χ1) is 9.58. The van der Waals surface area contributed by atoms with Gasteiger partial charge in [-0.15, -0.1) is 0 Å². The number of carbonyl (C=O) groups is 2. The highest BCUT2D eigenvalue weighted by atomic mass is 16.7. The average Bonchev–Trinajstić information content (AvgIpc) is 2.42. The Hall–Kier alpha value is -1.46. The lowest BCUT2D eigenvalue weighted by molar-refractivity contribution is -0.00911. The largest absolute Gasteiger partial charge is 0.506 e. The van der Waals surface area contributed by atoms with E-state index in [-0.39, 0.29) is 12.2 Å². The molecule has 0 atom stereocenters. The van der Waals surface area contributed by atoms with Crippen LogP contribution >= 0.6 is 0 Å². The normalized spacial score (nSPS) is 25.8. The summed E-state index contributed by atoms with van der Waals surface area (Å²) in [5.41, 5.74) is 0. The number of carboxylic acid groups (broad SMARTS) is 2. The second kappa shape index (κ2) is 9.44. The summed E-state index contributed by atoms with van der Waals surface area (Å²) in [5, 5.41) is 16.7. The van der Waals surface area contributed by atoms with Crippen molar-refractivity contribution in [3.63, 3.8) is 0 Å². The van der Waals surface area contributed by atoms with Crippen molar-refractivity contribution >= 4 is 12.3 Å². The fraction of sp³-hybridized carbons (Fsp3) is 0.857. The van der Waals surface area contributed by atoms with Gasteiger partial charge in [-0.3, -0.25) is 0 Å². The van der Waals surface area contributed by atoms with E-state index in [0.717, 1.165) is 0 Å². The zero-order valence-corrected chi connectivity index (χ0v) is 11.8. The SMILES string of the molecule is C1CCCCC1.O=C(O)OC1CCC(OC(=O)O)CC1. The zero-order valence-electron chi connectivity index (χ0n) is 11.8. The molecule has 2 saturated carbocycles. The van der Waals surface area contributed by atoms with Crippen LogP contribution in [0.3, 0.4) is 0 Å². The van der Waals surface area contributed by atoms with Gasteiger partial charge < -0.3 is 19.7 Å². The minimum Gasteiger partial charge on any atom is -0.450 e. The maximum absolute atomic E-state index is 10.2. The van der Waals surface area contributed by atoms with Crippen molar-refractivity contribution in [2.24, 2.45) is 0 Å². The van der Waals surface area contributed by atoms with E-state index in [1.54, 1.807) is 0 Å². The molecule has 0 heterocycles. The molecule has 6 heteroatoms. The lowest BCUT2D eigenvalue weighted by Gasteiger charge is -2.26. The van der Waals surface area contributed by atoms with E-state index >= 15 is 0 Å². The van der Waals surface area contributed by atoms with E-state index < -0.39 is 12.3 Å².